The average Bonchev–Trinajstić information content (AvgIpc) is 2.97. The van der Waals surface area contributed by atoms with E-state index < -0.39 is 17.9 Å². The molecule has 210 valence electrons. The van der Waals surface area contributed by atoms with Gasteiger partial charge in [-0.15, -0.1) is 0 Å². The Kier molecular flexibility index (Phi) is 10.9. The molecule has 0 atom stereocenters. The molecule has 6 aromatic rings. The molecular weight excluding hydrogens is 598 g/mol. The van der Waals surface area contributed by atoms with Crippen LogP contribution in [-0.2, 0) is 0 Å². The van der Waals surface area contributed by atoms with Gasteiger partial charge in [0.15, 0.2) is 0 Å². The SMILES string of the molecule is Cc1cccc2cccc(C(=O)[O-])c12.Cc1cccc2cccc(C(=O)[O-])c12.Cc1cccc2cccc(C(=O)[O-])c12.[Ga+3]. The Morgan fingerprint density at radius 1 is 0.395 bits per heavy atom. The smallest absolute Gasteiger partial charge is 0.545 e. The van der Waals surface area contributed by atoms with Gasteiger partial charge in [0, 0.05) is 16.7 Å². The van der Waals surface area contributed by atoms with E-state index >= 15 is 0 Å². The van der Waals surface area contributed by atoms with E-state index in [0.717, 1.165) is 49.0 Å². The zero-order valence-corrected chi connectivity index (χ0v) is 26.3. The van der Waals surface area contributed by atoms with E-state index in [2.05, 4.69) is 0 Å². The molecule has 0 heterocycles. The summed E-state index contributed by atoms with van der Waals surface area (Å²) in [6.45, 7) is 5.69. The van der Waals surface area contributed by atoms with E-state index in [1.165, 1.54) is 0 Å². The minimum absolute atomic E-state index is 0. The first-order valence-corrected chi connectivity index (χ1v) is 13.2. The van der Waals surface area contributed by atoms with Crippen molar-refractivity contribution in [3.63, 3.8) is 0 Å². The monoisotopic (exact) mass is 624 g/mol. The van der Waals surface area contributed by atoms with Crippen LogP contribution in [0.2, 0.25) is 0 Å². The summed E-state index contributed by atoms with van der Waals surface area (Å²) in [6, 6.07) is 32.7. The van der Waals surface area contributed by atoms with Crippen LogP contribution < -0.4 is 15.3 Å². The minimum atomic E-state index is -1.12. The van der Waals surface area contributed by atoms with Crippen LogP contribution in [0.5, 0.6) is 0 Å². The molecule has 0 fully saturated rings. The average molecular weight is 625 g/mol. The number of benzene rings is 6. The van der Waals surface area contributed by atoms with Crippen LogP contribution in [0, 0.1) is 20.8 Å². The van der Waals surface area contributed by atoms with E-state index in [1.807, 2.05) is 93.6 Å². The number of hydrogen-bond acceptors (Lipinski definition) is 6. The molecule has 43 heavy (non-hydrogen) atoms. The van der Waals surface area contributed by atoms with Gasteiger partial charge in [0.05, 0.1) is 17.9 Å². The quantitative estimate of drug-likeness (QED) is 0.273. The number of rotatable bonds is 3. The van der Waals surface area contributed by atoms with E-state index in [1.54, 1.807) is 36.4 Å². The molecule has 6 rings (SSSR count). The Hall–Kier alpha value is -4.85. The van der Waals surface area contributed by atoms with Crippen LogP contribution in [0.1, 0.15) is 47.8 Å². The first kappa shape index (κ1) is 32.7. The second kappa shape index (κ2) is 14.4. The molecule has 0 radical (unpaired) electrons. The van der Waals surface area contributed by atoms with Crippen LogP contribution in [0.25, 0.3) is 32.3 Å². The van der Waals surface area contributed by atoms with Crippen LogP contribution in [0.15, 0.2) is 109 Å². The predicted octanol–water partition coefficient (Wildman–Crippen LogP) is 4.15. The Bertz CT molecular complexity index is 1720. The number of carboxylic acids is 3. The Morgan fingerprint density at radius 3 is 0.814 bits per heavy atom. The van der Waals surface area contributed by atoms with Gasteiger partial charge in [-0.25, -0.2) is 0 Å². The number of aromatic carboxylic acids is 3. The van der Waals surface area contributed by atoms with Gasteiger partial charge in [-0.1, -0.05) is 109 Å². The normalized spacial score (nSPS) is 10.1. The first-order valence-electron chi connectivity index (χ1n) is 13.2. The van der Waals surface area contributed by atoms with Crippen molar-refractivity contribution < 1.29 is 29.7 Å². The van der Waals surface area contributed by atoms with Crippen molar-refractivity contribution in [1.82, 2.24) is 0 Å². The van der Waals surface area contributed by atoms with Gasteiger partial charge >= 0.3 is 19.8 Å². The fourth-order valence-electron chi connectivity index (χ4n) is 5.10. The number of hydrogen-bond donors (Lipinski definition) is 0. The number of carbonyl (C=O) groups is 3. The molecule has 0 spiro atoms. The molecule has 6 nitrogen and oxygen atoms in total. The molecule has 0 saturated carbocycles. The Morgan fingerprint density at radius 2 is 0.605 bits per heavy atom. The summed E-state index contributed by atoms with van der Waals surface area (Å²) in [5, 5.41) is 37.7. The second-order valence-electron chi connectivity index (χ2n) is 9.80. The van der Waals surface area contributed by atoms with Crippen molar-refractivity contribution in [3.8, 4) is 0 Å². The maximum absolute atomic E-state index is 10.9. The van der Waals surface area contributed by atoms with Crippen molar-refractivity contribution in [1.29, 1.82) is 0 Å². The van der Waals surface area contributed by atoms with Crippen LogP contribution in [-0.4, -0.2) is 37.7 Å². The van der Waals surface area contributed by atoms with Crippen molar-refractivity contribution >= 4 is 70.0 Å². The standard InChI is InChI=1S/3C12H10O2.Ga/c3*1-8-4-2-5-9-6-3-7-10(11(8)9)12(13)14;/h3*2-7H,1H3,(H,13,14);/q;;;+3/p-3. The minimum Gasteiger partial charge on any atom is -0.545 e. The van der Waals surface area contributed by atoms with Gasteiger partial charge in [-0.3, -0.25) is 0 Å². The summed E-state index contributed by atoms with van der Waals surface area (Å²) in [6.07, 6.45) is 0. The molecule has 0 aliphatic rings. The largest absolute Gasteiger partial charge is 3.00 e. The predicted molar refractivity (Wildman–Crippen MR) is 165 cm³/mol. The van der Waals surface area contributed by atoms with Crippen molar-refractivity contribution in [2.45, 2.75) is 20.8 Å². The third-order valence-electron chi connectivity index (χ3n) is 7.00. The molecule has 0 unspecified atom stereocenters. The van der Waals surface area contributed by atoms with E-state index in [-0.39, 0.29) is 36.5 Å². The molecular formula is C36H27GaO6. The fourth-order valence-corrected chi connectivity index (χ4v) is 5.10. The van der Waals surface area contributed by atoms with E-state index in [0.29, 0.717) is 0 Å². The van der Waals surface area contributed by atoms with Crippen LogP contribution in [0.4, 0.5) is 0 Å². The van der Waals surface area contributed by atoms with Gasteiger partial charge in [0.25, 0.3) is 0 Å². The molecule has 0 aliphatic heterocycles. The second-order valence-corrected chi connectivity index (χ2v) is 9.80. The summed E-state index contributed by atoms with van der Waals surface area (Å²) in [5.41, 5.74) is 3.67. The number of carboxylic acid groups (broad SMARTS) is 3. The van der Waals surface area contributed by atoms with Gasteiger partial charge in [-0.05, 0) is 69.8 Å². The zero-order valence-electron chi connectivity index (χ0n) is 23.9. The summed E-state index contributed by atoms with van der Waals surface area (Å²) >= 11 is 0. The van der Waals surface area contributed by atoms with Gasteiger partial charge in [-0.2, -0.15) is 0 Å². The molecule has 6 aromatic carbocycles. The van der Waals surface area contributed by atoms with Crippen LogP contribution in [0.3, 0.4) is 0 Å². The number of aryl methyl sites for hydroxylation is 3. The zero-order chi connectivity index (χ0) is 30.4. The van der Waals surface area contributed by atoms with E-state index in [9.17, 15) is 29.7 Å². The van der Waals surface area contributed by atoms with Crippen molar-refractivity contribution in [3.05, 3.63) is 143 Å². The topological polar surface area (TPSA) is 120 Å². The van der Waals surface area contributed by atoms with Gasteiger partial charge in [0.2, 0.25) is 0 Å². The van der Waals surface area contributed by atoms with Gasteiger partial charge < -0.3 is 29.7 Å². The van der Waals surface area contributed by atoms with Crippen molar-refractivity contribution in [2.75, 3.05) is 0 Å². The van der Waals surface area contributed by atoms with E-state index in [4.69, 9.17) is 0 Å². The third kappa shape index (κ3) is 7.33. The Labute approximate surface area is 262 Å². The van der Waals surface area contributed by atoms with Crippen LogP contribution >= 0.6 is 0 Å². The molecule has 7 heteroatoms. The maximum Gasteiger partial charge on any atom is 3.00 e. The first-order chi connectivity index (χ1) is 20.1. The summed E-state index contributed by atoms with van der Waals surface area (Å²) < 4.78 is 0. The molecule has 0 bridgehead atoms. The summed E-state index contributed by atoms with van der Waals surface area (Å²) in [7, 11) is 0. The fraction of sp³-hybridized carbons (Fsp3) is 0.0833. The number of fused-ring (bicyclic) bond motifs is 3. The summed E-state index contributed by atoms with van der Waals surface area (Å²) in [5.74, 6) is -3.36. The Balaban J connectivity index is 0.000000175. The molecule has 0 amide bonds. The summed E-state index contributed by atoms with van der Waals surface area (Å²) in [4.78, 5) is 32.6. The molecule has 0 aliphatic carbocycles. The maximum atomic E-state index is 10.9. The van der Waals surface area contributed by atoms with Crippen molar-refractivity contribution in [2.24, 2.45) is 0 Å². The molecule has 0 aromatic heterocycles. The number of carbonyl (C=O) groups excluding carboxylic acids is 3. The van der Waals surface area contributed by atoms with Gasteiger partial charge in [0.1, 0.15) is 0 Å². The molecule has 0 N–H and O–H groups in total. The third-order valence-corrected chi connectivity index (χ3v) is 7.00. The molecule has 0 saturated heterocycles.